The summed E-state index contributed by atoms with van der Waals surface area (Å²) in [5.41, 5.74) is 3.06. The number of halogens is 3. The molecular weight excluding hydrogens is 433 g/mol. The van der Waals surface area contributed by atoms with Gasteiger partial charge in [0, 0.05) is 17.0 Å². The van der Waals surface area contributed by atoms with Crippen LogP contribution < -0.4 is 0 Å². The van der Waals surface area contributed by atoms with Crippen LogP contribution in [-0.4, -0.2) is 6.61 Å². The van der Waals surface area contributed by atoms with Gasteiger partial charge in [0.1, 0.15) is 5.82 Å². The fraction of sp³-hybridized carbons (Fsp3) is 0.267. The normalized spacial score (nSPS) is 18.0. The first-order valence-electron chi connectivity index (χ1n) is 11.7. The van der Waals surface area contributed by atoms with E-state index in [9.17, 15) is 13.2 Å². The fourth-order valence-corrected chi connectivity index (χ4v) is 4.46. The van der Waals surface area contributed by atoms with E-state index in [0.717, 1.165) is 31.2 Å². The zero-order chi connectivity index (χ0) is 24.1. The van der Waals surface area contributed by atoms with Crippen molar-refractivity contribution in [2.75, 3.05) is 6.61 Å². The molecule has 34 heavy (non-hydrogen) atoms. The highest BCUT2D eigenvalue weighted by Crippen LogP contribution is 2.34. The van der Waals surface area contributed by atoms with Crippen molar-refractivity contribution in [3.63, 3.8) is 0 Å². The summed E-state index contributed by atoms with van der Waals surface area (Å²) < 4.78 is 50.1. The molecule has 0 aromatic heterocycles. The largest absolute Gasteiger partial charge is 0.373 e. The van der Waals surface area contributed by atoms with Crippen LogP contribution in [0.5, 0.6) is 0 Å². The lowest BCUT2D eigenvalue weighted by molar-refractivity contribution is -0.00528. The summed E-state index contributed by atoms with van der Waals surface area (Å²) in [5, 5.41) is 0. The van der Waals surface area contributed by atoms with Gasteiger partial charge in [-0.25, -0.2) is 13.2 Å². The first-order chi connectivity index (χ1) is 16.5. The van der Waals surface area contributed by atoms with Gasteiger partial charge in [0.2, 0.25) is 0 Å². The Balaban J connectivity index is 1.51. The van der Waals surface area contributed by atoms with Crippen LogP contribution in [0.3, 0.4) is 0 Å². The van der Waals surface area contributed by atoms with Gasteiger partial charge in [-0.2, -0.15) is 0 Å². The Morgan fingerprint density at radius 2 is 1.56 bits per heavy atom. The molecule has 3 aromatic carbocycles. The van der Waals surface area contributed by atoms with Gasteiger partial charge in [0.05, 0.1) is 12.7 Å². The number of allylic oxidation sites excluding steroid dienone is 1. The van der Waals surface area contributed by atoms with Crippen molar-refractivity contribution in [2.45, 2.75) is 38.2 Å². The van der Waals surface area contributed by atoms with Gasteiger partial charge in [-0.15, -0.1) is 13.2 Å². The van der Waals surface area contributed by atoms with Crippen molar-refractivity contribution in [3.8, 4) is 22.3 Å². The topological polar surface area (TPSA) is 9.23 Å². The Labute approximate surface area is 199 Å². The molecule has 2 atom stereocenters. The van der Waals surface area contributed by atoms with Crippen LogP contribution in [0.1, 0.15) is 42.9 Å². The van der Waals surface area contributed by atoms with E-state index < -0.39 is 11.6 Å². The van der Waals surface area contributed by atoms with E-state index in [0.29, 0.717) is 41.2 Å². The second-order valence-corrected chi connectivity index (χ2v) is 8.79. The number of benzene rings is 3. The van der Waals surface area contributed by atoms with E-state index >= 15 is 0 Å². The molecule has 0 spiro atoms. The van der Waals surface area contributed by atoms with Gasteiger partial charge >= 0.3 is 0 Å². The van der Waals surface area contributed by atoms with Crippen molar-refractivity contribution < 1.29 is 17.9 Å². The van der Waals surface area contributed by atoms with Crippen molar-refractivity contribution in [1.29, 1.82) is 0 Å². The molecule has 1 aliphatic rings. The summed E-state index contributed by atoms with van der Waals surface area (Å²) in [6.45, 7) is 8.07. The van der Waals surface area contributed by atoms with Crippen LogP contribution >= 0.6 is 0 Å². The van der Waals surface area contributed by atoms with E-state index in [1.807, 2.05) is 12.1 Å². The van der Waals surface area contributed by atoms with Gasteiger partial charge < -0.3 is 4.74 Å². The Kier molecular flexibility index (Phi) is 7.69. The molecule has 176 valence electrons. The van der Waals surface area contributed by atoms with Crippen molar-refractivity contribution in [3.05, 3.63) is 108 Å². The van der Waals surface area contributed by atoms with E-state index in [1.54, 1.807) is 48.5 Å². The molecule has 0 amide bonds. The first kappa shape index (κ1) is 24.0. The minimum absolute atomic E-state index is 0.111. The summed E-state index contributed by atoms with van der Waals surface area (Å²) >= 11 is 0. The highest BCUT2D eigenvalue weighted by atomic mass is 19.2. The summed E-state index contributed by atoms with van der Waals surface area (Å²) in [7, 11) is 0. The number of hydrogen-bond acceptors (Lipinski definition) is 1. The highest BCUT2D eigenvalue weighted by molar-refractivity contribution is 5.71. The molecule has 1 saturated heterocycles. The SMILES string of the molecule is C=CCCCc1ccc(-c2ccc(-c3ccc(C4CCC(C=C)CO4)cc3F)cc2)c(F)c1F. The molecule has 1 nitrogen and oxygen atoms in total. The summed E-state index contributed by atoms with van der Waals surface area (Å²) in [5.74, 6) is -1.64. The first-order valence-corrected chi connectivity index (χ1v) is 11.7. The summed E-state index contributed by atoms with van der Waals surface area (Å²) in [4.78, 5) is 0. The number of aryl methyl sites for hydroxylation is 1. The Bertz CT molecular complexity index is 1160. The van der Waals surface area contributed by atoms with Gasteiger partial charge in [-0.3, -0.25) is 0 Å². The maximum Gasteiger partial charge on any atom is 0.166 e. The lowest BCUT2D eigenvalue weighted by Crippen LogP contribution is -2.19. The Morgan fingerprint density at radius 3 is 2.18 bits per heavy atom. The molecule has 0 bridgehead atoms. The quantitative estimate of drug-likeness (QED) is 0.241. The second-order valence-electron chi connectivity index (χ2n) is 8.79. The smallest absolute Gasteiger partial charge is 0.166 e. The monoisotopic (exact) mass is 462 g/mol. The van der Waals surface area contributed by atoms with Crippen LogP contribution in [0.25, 0.3) is 22.3 Å². The third-order valence-corrected chi connectivity index (χ3v) is 6.53. The number of rotatable bonds is 8. The minimum atomic E-state index is -0.856. The molecule has 4 rings (SSSR count). The molecule has 0 saturated carbocycles. The van der Waals surface area contributed by atoms with Gasteiger partial charge in [0.15, 0.2) is 11.6 Å². The third kappa shape index (κ3) is 5.18. The molecule has 3 aromatic rings. The van der Waals surface area contributed by atoms with E-state index in [2.05, 4.69) is 13.2 Å². The zero-order valence-electron chi connectivity index (χ0n) is 19.2. The van der Waals surface area contributed by atoms with Crippen molar-refractivity contribution in [2.24, 2.45) is 5.92 Å². The predicted molar refractivity (Wildman–Crippen MR) is 132 cm³/mol. The van der Waals surface area contributed by atoms with Crippen LogP contribution in [0.15, 0.2) is 79.9 Å². The maximum absolute atomic E-state index is 15.0. The Morgan fingerprint density at radius 1 is 0.853 bits per heavy atom. The molecule has 1 aliphatic heterocycles. The minimum Gasteiger partial charge on any atom is -0.373 e. The van der Waals surface area contributed by atoms with E-state index in [-0.39, 0.29) is 17.5 Å². The lowest BCUT2D eigenvalue weighted by Gasteiger charge is -2.27. The molecule has 4 heteroatoms. The molecule has 0 aliphatic carbocycles. The second kappa shape index (κ2) is 10.9. The molecular formula is C30H29F3O. The zero-order valence-corrected chi connectivity index (χ0v) is 19.2. The van der Waals surface area contributed by atoms with Crippen molar-refractivity contribution in [1.82, 2.24) is 0 Å². The van der Waals surface area contributed by atoms with Crippen LogP contribution in [0.2, 0.25) is 0 Å². The van der Waals surface area contributed by atoms with Crippen molar-refractivity contribution >= 4 is 0 Å². The fourth-order valence-electron chi connectivity index (χ4n) is 4.46. The molecule has 2 unspecified atom stereocenters. The van der Waals surface area contributed by atoms with E-state index in [1.165, 1.54) is 6.07 Å². The molecule has 1 fully saturated rings. The van der Waals surface area contributed by atoms with Crippen LogP contribution in [0.4, 0.5) is 13.2 Å². The summed E-state index contributed by atoms with van der Waals surface area (Å²) in [6.07, 6.45) is 7.31. The number of hydrogen-bond donors (Lipinski definition) is 0. The summed E-state index contributed by atoms with van der Waals surface area (Å²) in [6, 6.07) is 15.3. The Hall–Kier alpha value is -3.11. The number of ether oxygens (including phenoxy) is 1. The molecule has 0 radical (unpaired) electrons. The maximum atomic E-state index is 15.0. The predicted octanol–water partition coefficient (Wildman–Crippen LogP) is 8.60. The third-order valence-electron chi connectivity index (χ3n) is 6.53. The van der Waals surface area contributed by atoms with Crippen LogP contribution in [0, 0.1) is 23.4 Å². The standard InChI is InChI=1S/C30H29F3O/c1-3-5-6-7-23-13-16-26(30(33)29(23)32)22-11-9-21(10-12-22)25-15-14-24(18-27(25)31)28-17-8-20(4-2)19-34-28/h3-4,9-16,18,20,28H,1-2,5-8,17,19H2. The molecule has 0 N–H and O–H groups in total. The molecule has 1 heterocycles. The van der Waals surface area contributed by atoms with Gasteiger partial charge in [-0.05, 0) is 60.4 Å². The average molecular weight is 463 g/mol. The van der Waals surface area contributed by atoms with Gasteiger partial charge in [-0.1, -0.05) is 60.7 Å². The lowest BCUT2D eigenvalue weighted by atomic mass is 9.93. The number of unbranched alkanes of at least 4 members (excludes halogenated alkanes) is 1. The van der Waals surface area contributed by atoms with E-state index in [4.69, 9.17) is 4.74 Å². The van der Waals surface area contributed by atoms with Gasteiger partial charge in [0.25, 0.3) is 0 Å². The average Bonchev–Trinajstić information content (AvgIpc) is 2.87. The van der Waals surface area contributed by atoms with Crippen LogP contribution in [-0.2, 0) is 11.2 Å². The highest BCUT2D eigenvalue weighted by Gasteiger charge is 2.22.